The van der Waals surface area contributed by atoms with Crippen LogP contribution < -0.4 is 0 Å². The van der Waals surface area contributed by atoms with E-state index in [-0.39, 0.29) is 17.9 Å². The van der Waals surface area contributed by atoms with Crippen molar-refractivity contribution in [3.05, 3.63) is 16.1 Å². The van der Waals surface area contributed by atoms with E-state index in [1.165, 1.54) is 0 Å². The number of nitrogens with zero attached hydrogens (tertiary/aromatic N) is 5. The van der Waals surface area contributed by atoms with Gasteiger partial charge in [0.1, 0.15) is 0 Å². The highest BCUT2D eigenvalue weighted by Gasteiger charge is 2.34. The molecule has 8 heteroatoms. The molecule has 28 heavy (non-hydrogen) atoms. The number of amides is 3. The van der Waals surface area contributed by atoms with E-state index in [2.05, 4.69) is 15.3 Å². The fraction of sp³-hybridized carbons (Fsp3) is 0.750. The zero-order chi connectivity index (χ0) is 19.5. The second-order valence-corrected chi connectivity index (χ2v) is 9.28. The number of aryl methyl sites for hydroxylation is 1. The number of likely N-dealkylation sites (tertiary alicyclic amines) is 2. The van der Waals surface area contributed by atoms with Crippen molar-refractivity contribution in [1.82, 2.24) is 24.6 Å². The number of urea groups is 1. The molecular formula is C20H31N5O2S. The molecule has 0 spiro atoms. The van der Waals surface area contributed by atoms with E-state index in [1.807, 2.05) is 21.6 Å². The van der Waals surface area contributed by atoms with E-state index in [1.54, 1.807) is 11.3 Å². The van der Waals surface area contributed by atoms with Crippen molar-refractivity contribution in [3.8, 4) is 0 Å². The number of carbonyl (C=O) groups is 2. The zero-order valence-electron chi connectivity index (χ0n) is 16.8. The number of carbonyl (C=O) groups excluding carboxylic acids is 2. The van der Waals surface area contributed by atoms with E-state index in [0.717, 1.165) is 88.7 Å². The van der Waals surface area contributed by atoms with Crippen LogP contribution in [0, 0.1) is 12.8 Å². The maximum atomic E-state index is 13.1. The summed E-state index contributed by atoms with van der Waals surface area (Å²) in [7, 11) is 0. The fourth-order valence-corrected chi connectivity index (χ4v) is 5.16. The molecule has 7 nitrogen and oxygen atoms in total. The van der Waals surface area contributed by atoms with Gasteiger partial charge in [0.05, 0.1) is 16.6 Å². The molecule has 0 saturated carbocycles. The van der Waals surface area contributed by atoms with Gasteiger partial charge >= 0.3 is 6.03 Å². The standard InChI is InChI=1S/C20H31N5O2S/c1-16-21-18(15-28-16)14-22-9-11-23(12-10-22)19(26)17-5-4-8-25(13-17)20(27)24-6-2-3-7-24/h15,17H,2-14H2,1H3/t17-/m0/s1. The SMILES string of the molecule is Cc1nc(CN2CCN(C(=O)[C@H]3CCCN(C(=O)N4CCCC4)C3)CC2)cs1. The van der Waals surface area contributed by atoms with Crippen LogP contribution >= 0.6 is 11.3 Å². The summed E-state index contributed by atoms with van der Waals surface area (Å²) in [4.78, 5) is 38.5. The highest BCUT2D eigenvalue weighted by atomic mass is 32.1. The number of piperazine rings is 1. The highest BCUT2D eigenvalue weighted by molar-refractivity contribution is 7.09. The molecule has 4 rings (SSSR count). The molecule has 154 valence electrons. The molecule has 3 fully saturated rings. The number of hydrogen-bond acceptors (Lipinski definition) is 5. The lowest BCUT2D eigenvalue weighted by molar-refractivity contribution is -0.138. The van der Waals surface area contributed by atoms with Gasteiger partial charge in [-0.1, -0.05) is 0 Å². The van der Waals surface area contributed by atoms with Crippen molar-refractivity contribution in [1.29, 1.82) is 0 Å². The van der Waals surface area contributed by atoms with Gasteiger partial charge < -0.3 is 14.7 Å². The average Bonchev–Trinajstić information content (AvgIpc) is 3.40. The van der Waals surface area contributed by atoms with Crippen molar-refractivity contribution >= 4 is 23.3 Å². The van der Waals surface area contributed by atoms with Crippen molar-refractivity contribution in [2.24, 2.45) is 5.92 Å². The van der Waals surface area contributed by atoms with E-state index < -0.39 is 0 Å². The second-order valence-electron chi connectivity index (χ2n) is 8.22. The summed E-state index contributed by atoms with van der Waals surface area (Å²) >= 11 is 1.69. The van der Waals surface area contributed by atoms with Crippen LogP contribution in [0.1, 0.15) is 36.4 Å². The van der Waals surface area contributed by atoms with E-state index in [0.29, 0.717) is 6.54 Å². The summed E-state index contributed by atoms with van der Waals surface area (Å²) in [6, 6.07) is 0.137. The zero-order valence-corrected chi connectivity index (χ0v) is 17.6. The van der Waals surface area contributed by atoms with Gasteiger partial charge in [-0.25, -0.2) is 9.78 Å². The Morgan fingerprint density at radius 2 is 1.71 bits per heavy atom. The molecule has 0 aliphatic carbocycles. The van der Waals surface area contributed by atoms with Crippen LogP contribution in [0.15, 0.2) is 5.38 Å². The van der Waals surface area contributed by atoms with E-state index in [4.69, 9.17) is 0 Å². The van der Waals surface area contributed by atoms with Crippen molar-refractivity contribution in [3.63, 3.8) is 0 Å². The first-order valence-electron chi connectivity index (χ1n) is 10.6. The molecule has 0 N–H and O–H groups in total. The molecule has 0 radical (unpaired) electrons. The van der Waals surface area contributed by atoms with Crippen LogP contribution in [0.2, 0.25) is 0 Å². The first-order valence-corrected chi connectivity index (χ1v) is 11.4. The summed E-state index contributed by atoms with van der Waals surface area (Å²) in [5.41, 5.74) is 1.13. The van der Waals surface area contributed by atoms with E-state index in [9.17, 15) is 9.59 Å². The molecule has 4 heterocycles. The van der Waals surface area contributed by atoms with Crippen LogP contribution in [0.25, 0.3) is 0 Å². The Balaban J connectivity index is 1.26. The topological polar surface area (TPSA) is 60.0 Å². The molecule has 1 aromatic rings. The number of thiazole rings is 1. The summed E-state index contributed by atoms with van der Waals surface area (Å²) in [5, 5.41) is 3.23. The maximum Gasteiger partial charge on any atom is 0.320 e. The third-order valence-electron chi connectivity index (χ3n) is 6.15. The molecule has 1 aromatic heterocycles. The Morgan fingerprint density at radius 3 is 2.39 bits per heavy atom. The summed E-state index contributed by atoms with van der Waals surface area (Å²) in [6.45, 7) is 9.36. The normalized spacial score (nSPS) is 24.0. The largest absolute Gasteiger partial charge is 0.340 e. The molecule has 0 aromatic carbocycles. The quantitative estimate of drug-likeness (QED) is 0.772. The van der Waals surface area contributed by atoms with Crippen LogP contribution in [-0.2, 0) is 11.3 Å². The number of rotatable bonds is 3. The van der Waals surface area contributed by atoms with Gasteiger partial charge in [-0.15, -0.1) is 11.3 Å². The molecule has 1 atom stereocenters. The highest BCUT2D eigenvalue weighted by Crippen LogP contribution is 2.22. The number of hydrogen-bond donors (Lipinski definition) is 0. The minimum atomic E-state index is -0.0342. The average molecular weight is 406 g/mol. The molecular weight excluding hydrogens is 374 g/mol. The van der Waals surface area contributed by atoms with Gasteiger partial charge in [0.15, 0.2) is 0 Å². The van der Waals surface area contributed by atoms with Crippen LogP contribution in [0.5, 0.6) is 0 Å². The smallest absolute Gasteiger partial charge is 0.320 e. The molecule has 0 unspecified atom stereocenters. The van der Waals surface area contributed by atoms with Gasteiger partial charge in [0.25, 0.3) is 0 Å². The van der Waals surface area contributed by atoms with Crippen LogP contribution in [0.4, 0.5) is 4.79 Å². The first kappa shape index (κ1) is 19.6. The minimum absolute atomic E-state index is 0.0342. The van der Waals surface area contributed by atoms with E-state index >= 15 is 0 Å². The number of aromatic nitrogens is 1. The minimum Gasteiger partial charge on any atom is -0.340 e. The van der Waals surface area contributed by atoms with Crippen molar-refractivity contribution in [2.75, 3.05) is 52.4 Å². The Kier molecular flexibility index (Phi) is 6.16. The summed E-state index contributed by atoms with van der Waals surface area (Å²) in [6.07, 6.45) is 4.04. The lowest BCUT2D eigenvalue weighted by atomic mass is 9.96. The molecule has 0 bridgehead atoms. The maximum absolute atomic E-state index is 13.1. The predicted molar refractivity (Wildman–Crippen MR) is 109 cm³/mol. The Morgan fingerprint density at radius 1 is 1.00 bits per heavy atom. The lowest BCUT2D eigenvalue weighted by Crippen LogP contribution is -2.54. The monoisotopic (exact) mass is 405 g/mol. The van der Waals surface area contributed by atoms with Crippen LogP contribution in [-0.4, -0.2) is 88.9 Å². The van der Waals surface area contributed by atoms with Crippen molar-refractivity contribution in [2.45, 2.75) is 39.2 Å². The Hall–Kier alpha value is -1.67. The lowest BCUT2D eigenvalue weighted by Gasteiger charge is -2.39. The Labute approximate surface area is 171 Å². The predicted octanol–water partition coefficient (Wildman–Crippen LogP) is 2.02. The van der Waals surface area contributed by atoms with Gasteiger partial charge in [-0.2, -0.15) is 0 Å². The van der Waals surface area contributed by atoms with Gasteiger partial charge in [-0.3, -0.25) is 9.69 Å². The Bertz CT molecular complexity index is 695. The molecule has 3 saturated heterocycles. The van der Waals surface area contributed by atoms with Gasteiger partial charge in [0.2, 0.25) is 5.91 Å². The summed E-state index contributed by atoms with van der Waals surface area (Å²) < 4.78 is 0. The van der Waals surface area contributed by atoms with Crippen molar-refractivity contribution < 1.29 is 9.59 Å². The van der Waals surface area contributed by atoms with Gasteiger partial charge in [0, 0.05) is 64.3 Å². The third-order valence-corrected chi connectivity index (χ3v) is 6.98. The summed E-state index contributed by atoms with van der Waals surface area (Å²) in [5.74, 6) is 0.205. The fourth-order valence-electron chi connectivity index (χ4n) is 4.56. The second kappa shape index (κ2) is 8.78. The number of piperidine rings is 1. The molecule has 3 aliphatic heterocycles. The molecule has 3 aliphatic rings. The molecule has 3 amide bonds. The third kappa shape index (κ3) is 4.49. The van der Waals surface area contributed by atoms with Crippen LogP contribution in [0.3, 0.4) is 0 Å². The first-order chi connectivity index (χ1) is 13.6. The van der Waals surface area contributed by atoms with Gasteiger partial charge in [-0.05, 0) is 32.6 Å².